The molecular formula is C9H13N5O3. The molecule has 0 atom stereocenters. The summed E-state index contributed by atoms with van der Waals surface area (Å²) < 4.78 is 0. The van der Waals surface area contributed by atoms with Crippen LogP contribution in [0.15, 0.2) is 11.1 Å². The van der Waals surface area contributed by atoms with Gasteiger partial charge < -0.3 is 20.5 Å². The fourth-order valence-electron chi connectivity index (χ4n) is 1.45. The molecule has 0 saturated carbocycles. The Bertz CT molecular complexity index is 545. The average Bonchev–Trinajstić information content (AvgIpc) is 2.75. The molecule has 0 radical (unpaired) electrons. The van der Waals surface area contributed by atoms with E-state index in [-0.39, 0.29) is 24.3 Å². The molecule has 2 aromatic heterocycles. The minimum absolute atomic E-state index is 0.170. The standard InChI is InChI=1S/C9H13N5O3/c15-2-5(3-16)10-1-6-7-8(14-13-6)9(17)12-4-11-7/h4-5,10,15-16H,1-3H2,(H,13,14)(H,11,12,17). The normalized spacial score (nSPS) is 11.5. The van der Waals surface area contributed by atoms with Crippen LogP contribution < -0.4 is 10.9 Å². The lowest BCUT2D eigenvalue weighted by Gasteiger charge is -2.11. The fourth-order valence-corrected chi connectivity index (χ4v) is 1.45. The van der Waals surface area contributed by atoms with Crippen molar-refractivity contribution in [2.24, 2.45) is 0 Å². The predicted octanol–water partition coefficient (Wildman–Crippen LogP) is -1.91. The Morgan fingerprint density at radius 2 is 2.12 bits per heavy atom. The summed E-state index contributed by atoms with van der Waals surface area (Å²) in [6, 6.07) is -0.407. The third-order valence-electron chi connectivity index (χ3n) is 2.43. The molecule has 0 spiro atoms. The molecular weight excluding hydrogens is 226 g/mol. The Kier molecular flexibility index (Phi) is 3.47. The van der Waals surface area contributed by atoms with Crippen LogP contribution in [0.3, 0.4) is 0 Å². The number of aromatic amines is 2. The topological polar surface area (TPSA) is 127 Å². The summed E-state index contributed by atoms with van der Waals surface area (Å²) in [5.41, 5.74) is 1.06. The van der Waals surface area contributed by atoms with E-state index >= 15 is 0 Å². The minimum atomic E-state index is -0.407. The zero-order valence-corrected chi connectivity index (χ0v) is 8.97. The van der Waals surface area contributed by atoms with Crippen molar-refractivity contribution in [3.63, 3.8) is 0 Å². The van der Waals surface area contributed by atoms with Gasteiger partial charge in [-0.2, -0.15) is 5.10 Å². The van der Waals surface area contributed by atoms with Gasteiger partial charge in [0.15, 0.2) is 5.52 Å². The fraction of sp³-hybridized carbons (Fsp3) is 0.444. The Morgan fingerprint density at radius 3 is 2.82 bits per heavy atom. The van der Waals surface area contributed by atoms with Crippen LogP contribution in [0, 0.1) is 0 Å². The number of nitrogens with zero attached hydrogens (tertiary/aromatic N) is 2. The quantitative estimate of drug-likeness (QED) is 0.414. The highest BCUT2D eigenvalue weighted by Gasteiger charge is 2.11. The number of aliphatic hydroxyl groups is 2. The number of aliphatic hydroxyl groups excluding tert-OH is 2. The second-order valence-corrected chi connectivity index (χ2v) is 3.57. The van der Waals surface area contributed by atoms with E-state index in [9.17, 15) is 4.79 Å². The van der Waals surface area contributed by atoms with Gasteiger partial charge in [-0.3, -0.25) is 9.89 Å². The molecule has 92 valence electrons. The lowest BCUT2D eigenvalue weighted by molar-refractivity contribution is 0.170. The average molecular weight is 239 g/mol. The largest absolute Gasteiger partial charge is 0.395 e. The summed E-state index contributed by atoms with van der Waals surface area (Å²) in [5, 5.41) is 27.2. The number of fused-ring (bicyclic) bond motifs is 1. The highest BCUT2D eigenvalue weighted by molar-refractivity contribution is 5.75. The van der Waals surface area contributed by atoms with E-state index in [1.54, 1.807) is 0 Å². The van der Waals surface area contributed by atoms with Crippen LogP contribution >= 0.6 is 0 Å². The van der Waals surface area contributed by atoms with Crippen molar-refractivity contribution in [1.29, 1.82) is 0 Å². The Hall–Kier alpha value is -1.77. The summed E-state index contributed by atoms with van der Waals surface area (Å²) in [4.78, 5) is 17.8. The molecule has 2 aromatic rings. The molecule has 0 unspecified atom stereocenters. The first-order valence-electron chi connectivity index (χ1n) is 5.12. The van der Waals surface area contributed by atoms with Gasteiger partial charge in [0, 0.05) is 6.54 Å². The summed E-state index contributed by atoms with van der Waals surface area (Å²) >= 11 is 0. The van der Waals surface area contributed by atoms with Gasteiger partial charge >= 0.3 is 0 Å². The predicted molar refractivity (Wildman–Crippen MR) is 59.3 cm³/mol. The van der Waals surface area contributed by atoms with Gasteiger partial charge in [0.05, 0.1) is 31.3 Å². The highest BCUT2D eigenvalue weighted by atomic mass is 16.3. The second-order valence-electron chi connectivity index (χ2n) is 3.57. The van der Waals surface area contributed by atoms with Gasteiger partial charge in [-0.1, -0.05) is 0 Å². The van der Waals surface area contributed by atoms with E-state index in [4.69, 9.17) is 10.2 Å². The number of H-pyrrole nitrogens is 2. The first-order chi connectivity index (χ1) is 8.26. The van der Waals surface area contributed by atoms with Gasteiger partial charge in [-0.15, -0.1) is 0 Å². The van der Waals surface area contributed by atoms with Gasteiger partial charge in [-0.25, -0.2) is 4.98 Å². The van der Waals surface area contributed by atoms with E-state index in [0.29, 0.717) is 17.8 Å². The molecule has 0 bridgehead atoms. The molecule has 2 heterocycles. The molecule has 0 aliphatic carbocycles. The van der Waals surface area contributed by atoms with Gasteiger partial charge in [0.25, 0.3) is 5.56 Å². The SMILES string of the molecule is O=c1[nH]cnc2c(CNC(CO)CO)[nH]nc12. The van der Waals surface area contributed by atoms with Crippen LogP contribution in [0.1, 0.15) is 5.69 Å². The molecule has 0 fully saturated rings. The van der Waals surface area contributed by atoms with Crippen molar-refractivity contribution in [2.75, 3.05) is 13.2 Å². The van der Waals surface area contributed by atoms with Crippen molar-refractivity contribution < 1.29 is 10.2 Å². The van der Waals surface area contributed by atoms with Crippen molar-refractivity contribution in [3.05, 3.63) is 22.4 Å². The molecule has 17 heavy (non-hydrogen) atoms. The van der Waals surface area contributed by atoms with E-state index in [1.165, 1.54) is 6.33 Å². The third kappa shape index (κ3) is 2.33. The van der Waals surface area contributed by atoms with Crippen LogP contribution in [0.4, 0.5) is 0 Å². The van der Waals surface area contributed by atoms with Crippen LogP contribution in [0.5, 0.6) is 0 Å². The molecule has 0 aliphatic rings. The van der Waals surface area contributed by atoms with Gasteiger partial charge in [-0.05, 0) is 0 Å². The van der Waals surface area contributed by atoms with Crippen LogP contribution in [0.25, 0.3) is 11.0 Å². The maximum absolute atomic E-state index is 11.4. The van der Waals surface area contributed by atoms with Crippen molar-refractivity contribution in [1.82, 2.24) is 25.5 Å². The van der Waals surface area contributed by atoms with Crippen molar-refractivity contribution in [3.8, 4) is 0 Å². The molecule has 0 aromatic carbocycles. The maximum atomic E-state index is 11.4. The molecule has 0 aliphatic heterocycles. The summed E-state index contributed by atoms with van der Waals surface area (Å²) in [6.07, 6.45) is 1.30. The van der Waals surface area contributed by atoms with E-state index < -0.39 is 6.04 Å². The summed E-state index contributed by atoms with van der Waals surface area (Å²) in [6.45, 7) is -0.00803. The van der Waals surface area contributed by atoms with E-state index in [1.807, 2.05) is 0 Å². The smallest absolute Gasteiger partial charge is 0.279 e. The number of hydrogen-bond donors (Lipinski definition) is 5. The van der Waals surface area contributed by atoms with Crippen molar-refractivity contribution in [2.45, 2.75) is 12.6 Å². The Morgan fingerprint density at radius 1 is 1.35 bits per heavy atom. The monoisotopic (exact) mass is 239 g/mol. The second kappa shape index (κ2) is 5.04. The van der Waals surface area contributed by atoms with Crippen LogP contribution in [-0.4, -0.2) is 49.6 Å². The number of hydrogen-bond acceptors (Lipinski definition) is 6. The molecule has 8 nitrogen and oxygen atoms in total. The Labute approximate surface area is 95.7 Å². The summed E-state index contributed by atoms with van der Waals surface area (Å²) in [7, 11) is 0. The molecule has 5 N–H and O–H groups in total. The molecule has 0 saturated heterocycles. The zero-order valence-electron chi connectivity index (χ0n) is 8.97. The van der Waals surface area contributed by atoms with Crippen LogP contribution in [-0.2, 0) is 6.54 Å². The van der Waals surface area contributed by atoms with E-state index in [2.05, 4.69) is 25.5 Å². The molecule has 0 amide bonds. The third-order valence-corrected chi connectivity index (χ3v) is 2.43. The van der Waals surface area contributed by atoms with Crippen LogP contribution in [0.2, 0.25) is 0 Å². The summed E-state index contributed by atoms with van der Waals surface area (Å²) in [5.74, 6) is 0. The molecule has 2 rings (SSSR count). The lowest BCUT2D eigenvalue weighted by atomic mass is 10.3. The maximum Gasteiger partial charge on any atom is 0.279 e. The number of aromatic nitrogens is 4. The molecule has 8 heteroatoms. The Balaban J connectivity index is 2.20. The lowest BCUT2D eigenvalue weighted by Crippen LogP contribution is -2.35. The number of rotatable bonds is 5. The first kappa shape index (κ1) is 11.7. The van der Waals surface area contributed by atoms with Gasteiger partial charge in [0.1, 0.15) is 5.52 Å². The van der Waals surface area contributed by atoms with E-state index in [0.717, 1.165) is 0 Å². The first-order valence-corrected chi connectivity index (χ1v) is 5.12. The number of nitrogens with one attached hydrogen (secondary N) is 3. The minimum Gasteiger partial charge on any atom is -0.395 e. The zero-order chi connectivity index (χ0) is 12.3. The van der Waals surface area contributed by atoms with Crippen molar-refractivity contribution >= 4 is 11.0 Å². The highest BCUT2D eigenvalue weighted by Crippen LogP contribution is 2.07. The van der Waals surface area contributed by atoms with Gasteiger partial charge in [0.2, 0.25) is 0 Å².